The van der Waals surface area contributed by atoms with Gasteiger partial charge in [0.15, 0.2) is 0 Å². The van der Waals surface area contributed by atoms with Crippen LogP contribution in [0.3, 0.4) is 0 Å². The van der Waals surface area contributed by atoms with Crippen molar-refractivity contribution in [2.24, 2.45) is 5.92 Å². The van der Waals surface area contributed by atoms with Crippen molar-refractivity contribution < 1.29 is 0 Å². The molecule has 0 unspecified atom stereocenters. The molecule has 2 heterocycles. The van der Waals surface area contributed by atoms with Crippen LogP contribution in [0.25, 0.3) is 10.6 Å². The Kier molecular flexibility index (Phi) is 4.24. The molecule has 0 atom stereocenters. The molecular formula is C16H19BrN2S. The summed E-state index contributed by atoms with van der Waals surface area (Å²) in [5.41, 5.74) is 2.52. The first-order chi connectivity index (χ1) is 9.63. The summed E-state index contributed by atoms with van der Waals surface area (Å²) in [4.78, 5) is 8.85. The first-order valence-electron chi connectivity index (χ1n) is 7.09. The molecule has 0 spiro atoms. The van der Waals surface area contributed by atoms with Crippen LogP contribution in [0.15, 0.2) is 28.7 Å². The molecular weight excluding hydrogens is 332 g/mol. The fourth-order valence-electron chi connectivity index (χ4n) is 2.67. The molecule has 4 heteroatoms. The van der Waals surface area contributed by atoms with Crippen LogP contribution in [-0.2, 0) is 13.0 Å². The second kappa shape index (κ2) is 5.96. The maximum absolute atomic E-state index is 4.86. The highest BCUT2D eigenvalue weighted by molar-refractivity contribution is 9.10. The van der Waals surface area contributed by atoms with E-state index in [1.54, 1.807) is 0 Å². The van der Waals surface area contributed by atoms with Crippen molar-refractivity contribution in [3.05, 3.63) is 39.3 Å². The minimum Gasteiger partial charge on any atom is -0.298 e. The molecule has 2 aromatic rings. The van der Waals surface area contributed by atoms with E-state index in [1.807, 2.05) is 17.4 Å². The molecule has 0 saturated carbocycles. The third kappa shape index (κ3) is 2.97. The highest BCUT2D eigenvalue weighted by atomic mass is 79.9. The zero-order valence-electron chi connectivity index (χ0n) is 11.9. The number of nitrogens with zero attached hydrogens (tertiary/aromatic N) is 2. The largest absolute Gasteiger partial charge is 0.298 e. The lowest BCUT2D eigenvalue weighted by molar-refractivity contribution is 0.228. The lowest BCUT2D eigenvalue weighted by Gasteiger charge is -2.27. The Morgan fingerprint density at radius 2 is 2.15 bits per heavy atom. The van der Waals surface area contributed by atoms with Gasteiger partial charge in [-0.15, -0.1) is 11.3 Å². The topological polar surface area (TPSA) is 16.1 Å². The third-order valence-electron chi connectivity index (χ3n) is 3.54. The lowest BCUT2D eigenvalue weighted by Crippen LogP contribution is -2.32. The summed E-state index contributed by atoms with van der Waals surface area (Å²) in [6.45, 7) is 7.96. The summed E-state index contributed by atoms with van der Waals surface area (Å²) < 4.78 is 1.13. The van der Waals surface area contributed by atoms with Crippen LogP contribution in [0.1, 0.15) is 24.4 Å². The Hall–Kier alpha value is -0.710. The maximum atomic E-state index is 4.86. The molecule has 106 valence electrons. The molecule has 0 saturated heterocycles. The molecule has 1 aromatic heterocycles. The molecule has 1 aromatic carbocycles. The third-order valence-corrected chi connectivity index (χ3v) is 5.35. The van der Waals surface area contributed by atoms with Gasteiger partial charge >= 0.3 is 0 Å². The van der Waals surface area contributed by atoms with Crippen LogP contribution in [0.2, 0.25) is 0 Å². The summed E-state index contributed by atoms with van der Waals surface area (Å²) in [5, 5.41) is 1.15. The van der Waals surface area contributed by atoms with Crippen LogP contribution >= 0.6 is 27.3 Å². The van der Waals surface area contributed by atoms with Crippen LogP contribution in [0.5, 0.6) is 0 Å². The molecule has 0 bridgehead atoms. The van der Waals surface area contributed by atoms with Crippen LogP contribution < -0.4 is 0 Å². The van der Waals surface area contributed by atoms with E-state index in [1.165, 1.54) is 22.7 Å². The Labute approximate surface area is 133 Å². The van der Waals surface area contributed by atoms with Crippen LogP contribution in [-0.4, -0.2) is 23.0 Å². The SMILES string of the molecule is CC(C)CN1CCc2nc(-c3ccccc3Br)sc2C1. The average molecular weight is 351 g/mol. The summed E-state index contributed by atoms with van der Waals surface area (Å²) >= 11 is 5.48. The van der Waals surface area contributed by atoms with Crippen molar-refractivity contribution in [1.82, 2.24) is 9.88 Å². The summed E-state index contributed by atoms with van der Waals surface area (Å²) in [6.07, 6.45) is 1.09. The van der Waals surface area contributed by atoms with Gasteiger partial charge in [-0.3, -0.25) is 4.90 Å². The van der Waals surface area contributed by atoms with E-state index in [2.05, 4.69) is 52.9 Å². The standard InChI is InChI=1S/C16H19BrN2S/c1-11(2)9-19-8-7-14-15(10-19)20-16(18-14)12-5-3-4-6-13(12)17/h3-6,11H,7-10H2,1-2H3. The normalized spacial score (nSPS) is 15.6. The Balaban J connectivity index is 1.85. The molecule has 0 N–H and O–H groups in total. The van der Waals surface area contributed by atoms with Crippen LogP contribution in [0, 0.1) is 5.92 Å². The van der Waals surface area contributed by atoms with Crippen molar-refractivity contribution in [2.45, 2.75) is 26.8 Å². The zero-order chi connectivity index (χ0) is 14.1. The number of hydrogen-bond donors (Lipinski definition) is 0. The molecule has 0 aliphatic carbocycles. The fraction of sp³-hybridized carbons (Fsp3) is 0.438. The number of fused-ring (bicyclic) bond motifs is 1. The number of rotatable bonds is 3. The summed E-state index contributed by atoms with van der Waals surface area (Å²) in [7, 11) is 0. The van der Waals surface area contributed by atoms with Crippen molar-refractivity contribution in [1.29, 1.82) is 0 Å². The first kappa shape index (κ1) is 14.2. The van der Waals surface area contributed by atoms with Gasteiger partial charge in [-0.05, 0) is 12.0 Å². The highest BCUT2D eigenvalue weighted by Crippen LogP contribution is 2.35. The van der Waals surface area contributed by atoms with Crippen molar-refractivity contribution in [2.75, 3.05) is 13.1 Å². The van der Waals surface area contributed by atoms with Gasteiger partial charge in [-0.25, -0.2) is 4.98 Å². The van der Waals surface area contributed by atoms with Crippen molar-refractivity contribution in [3.63, 3.8) is 0 Å². The van der Waals surface area contributed by atoms with Crippen molar-refractivity contribution in [3.8, 4) is 10.6 Å². The van der Waals surface area contributed by atoms with Crippen LogP contribution in [0.4, 0.5) is 0 Å². The van der Waals surface area contributed by atoms with Gasteiger partial charge in [0.25, 0.3) is 0 Å². The monoisotopic (exact) mass is 350 g/mol. The molecule has 1 aliphatic rings. The minimum absolute atomic E-state index is 0.729. The molecule has 0 amide bonds. The van der Waals surface area contributed by atoms with E-state index in [0.717, 1.165) is 34.9 Å². The molecule has 1 aliphatic heterocycles. The summed E-state index contributed by atoms with van der Waals surface area (Å²) in [6, 6.07) is 8.35. The van der Waals surface area contributed by atoms with Gasteiger partial charge in [0, 0.05) is 41.0 Å². The van der Waals surface area contributed by atoms with E-state index in [-0.39, 0.29) is 0 Å². The average Bonchev–Trinajstić information content (AvgIpc) is 2.81. The van der Waals surface area contributed by atoms with E-state index < -0.39 is 0 Å². The molecule has 20 heavy (non-hydrogen) atoms. The van der Waals surface area contributed by atoms with Gasteiger partial charge < -0.3 is 0 Å². The number of hydrogen-bond acceptors (Lipinski definition) is 3. The van der Waals surface area contributed by atoms with Gasteiger partial charge in [0.05, 0.1) is 5.69 Å². The van der Waals surface area contributed by atoms with Gasteiger partial charge in [0.2, 0.25) is 0 Å². The van der Waals surface area contributed by atoms with E-state index >= 15 is 0 Å². The predicted octanol–water partition coefficient (Wildman–Crippen LogP) is 4.59. The van der Waals surface area contributed by atoms with Gasteiger partial charge in [0.1, 0.15) is 5.01 Å². The number of halogens is 1. The Morgan fingerprint density at radius 3 is 2.90 bits per heavy atom. The number of benzene rings is 1. The number of aromatic nitrogens is 1. The fourth-order valence-corrected chi connectivity index (χ4v) is 4.46. The second-order valence-electron chi connectivity index (χ2n) is 5.75. The van der Waals surface area contributed by atoms with Gasteiger partial charge in [-0.1, -0.05) is 48.0 Å². The van der Waals surface area contributed by atoms with E-state index in [9.17, 15) is 0 Å². The van der Waals surface area contributed by atoms with E-state index in [4.69, 9.17) is 4.98 Å². The second-order valence-corrected chi connectivity index (χ2v) is 7.69. The molecule has 3 rings (SSSR count). The predicted molar refractivity (Wildman–Crippen MR) is 89.1 cm³/mol. The smallest absolute Gasteiger partial charge is 0.125 e. The minimum atomic E-state index is 0.729. The van der Waals surface area contributed by atoms with Gasteiger partial charge in [-0.2, -0.15) is 0 Å². The molecule has 2 nitrogen and oxygen atoms in total. The highest BCUT2D eigenvalue weighted by Gasteiger charge is 2.21. The van der Waals surface area contributed by atoms with E-state index in [0.29, 0.717) is 0 Å². The van der Waals surface area contributed by atoms with Crippen molar-refractivity contribution >= 4 is 27.3 Å². The zero-order valence-corrected chi connectivity index (χ0v) is 14.3. The Bertz CT molecular complexity index is 606. The summed E-state index contributed by atoms with van der Waals surface area (Å²) in [5.74, 6) is 0.729. The molecule has 0 radical (unpaired) electrons. The lowest BCUT2D eigenvalue weighted by atomic mass is 10.1. The number of thiazole rings is 1. The Morgan fingerprint density at radius 1 is 1.35 bits per heavy atom. The molecule has 0 fully saturated rings. The quantitative estimate of drug-likeness (QED) is 0.804. The first-order valence-corrected chi connectivity index (χ1v) is 8.70. The maximum Gasteiger partial charge on any atom is 0.125 e.